The molecule has 0 N–H and O–H groups in total. The van der Waals surface area contributed by atoms with Crippen LogP contribution in [-0.4, -0.2) is 95.8 Å². The number of esters is 2. The lowest BCUT2D eigenvalue weighted by molar-refractivity contribution is -0.182. The van der Waals surface area contributed by atoms with Crippen LogP contribution in [0, 0.1) is 11.6 Å². The second kappa shape index (κ2) is 26.2. The largest absolute Gasteiger partial charge is 0.491 e. The fourth-order valence-corrected chi connectivity index (χ4v) is 8.05. The van der Waals surface area contributed by atoms with Crippen molar-refractivity contribution < 1.29 is 46.8 Å². The Morgan fingerprint density at radius 1 is 0.565 bits per heavy atom. The van der Waals surface area contributed by atoms with Crippen LogP contribution >= 0.6 is 0 Å². The molecule has 4 aromatic rings. The number of halogens is 2. The van der Waals surface area contributed by atoms with E-state index in [9.17, 15) is 9.59 Å². The molecule has 0 radical (unpaired) electrons. The molecule has 69 heavy (non-hydrogen) atoms. The van der Waals surface area contributed by atoms with Gasteiger partial charge in [0.2, 0.25) is 0 Å². The molecule has 12 nitrogen and oxygen atoms in total. The van der Waals surface area contributed by atoms with Gasteiger partial charge in [0, 0.05) is 49.0 Å². The first-order valence-corrected chi connectivity index (χ1v) is 23.6. The Morgan fingerprint density at radius 3 is 1.30 bits per heavy atom. The van der Waals surface area contributed by atoms with Gasteiger partial charge in [-0.1, -0.05) is 72.8 Å². The van der Waals surface area contributed by atoms with E-state index in [1.54, 1.807) is 70.7 Å². The molecule has 0 saturated heterocycles. The van der Waals surface area contributed by atoms with E-state index in [1.165, 1.54) is 12.1 Å². The Morgan fingerprint density at radius 2 is 0.942 bits per heavy atom. The minimum Gasteiger partial charge on any atom is -0.491 e. The normalized spacial score (nSPS) is 16.3. The minimum absolute atomic E-state index is 0.0642. The number of hydrogen-bond acceptors (Lipinski definition) is 12. The molecule has 2 heterocycles. The fraction of sp³-hybridized carbons (Fsp3) is 0.382. The SMILES string of the molecule is C=CCOC(CN1C=CN(CCCc2ccc(OC(C)C)cc2)C1OC(=O)CC(=O)OC1N(CCCc2ccc(OC(C)C)cc2)C=CN1CC(OCC=C)c1ccccc1F)c1ccccc1F. The predicted octanol–water partition coefficient (Wildman–Crippen LogP) is 10.2. The summed E-state index contributed by atoms with van der Waals surface area (Å²) in [6.45, 7) is 17.0. The number of carbonyl (C=O) groups is 2. The van der Waals surface area contributed by atoms with E-state index in [-0.39, 0.29) is 38.5 Å². The molecule has 0 amide bonds. The summed E-state index contributed by atoms with van der Waals surface area (Å²) in [7, 11) is 0. The van der Waals surface area contributed by atoms with Crippen LogP contribution in [0.2, 0.25) is 0 Å². The van der Waals surface area contributed by atoms with Gasteiger partial charge in [-0.05, 0) is 101 Å². The molecule has 2 aliphatic rings. The zero-order valence-corrected chi connectivity index (χ0v) is 40.2. The smallest absolute Gasteiger partial charge is 0.320 e. The van der Waals surface area contributed by atoms with Crippen molar-refractivity contribution in [3.05, 3.63) is 181 Å². The molecule has 14 heteroatoms. The van der Waals surface area contributed by atoms with Gasteiger partial charge in [-0.3, -0.25) is 9.59 Å². The van der Waals surface area contributed by atoms with Gasteiger partial charge in [-0.15, -0.1) is 13.2 Å². The lowest BCUT2D eigenvalue weighted by Crippen LogP contribution is -2.46. The van der Waals surface area contributed by atoms with Gasteiger partial charge in [0.1, 0.15) is 41.8 Å². The first kappa shape index (κ1) is 51.7. The molecule has 4 atom stereocenters. The highest BCUT2D eigenvalue weighted by Gasteiger charge is 2.36. The van der Waals surface area contributed by atoms with Crippen LogP contribution in [0.3, 0.4) is 0 Å². The van der Waals surface area contributed by atoms with E-state index < -0.39 is 54.9 Å². The average Bonchev–Trinajstić information content (AvgIpc) is 3.88. The van der Waals surface area contributed by atoms with E-state index in [4.69, 9.17) is 28.4 Å². The van der Waals surface area contributed by atoms with Crippen LogP contribution in [0.1, 0.15) is 81.4 Å². The van der Waals surface area contributed by atoms with E-state index in [1.807, 2.05) is 98.4 Å². The second-order valence-corrected chi connectivity index (χ2v) is 17.4. The topological polar surface area (TPSA) is 102 Å². The van der Waals surface area contributed by atoms with Gasteiger partial charge in [0.05, 0.1) is 38.5 Å². The maximum Gasteiger partial charge on any atom is 0.320 e. The first-order chi connectivity index (χ1) is 33.4. The molecule has 0 spiro atoms. The Kier molecular flexibility index (Phi) is 19.7. The van der Waals surface area contributed by atoms with Crippen molar-refractivity contribution >= 4 is 11.9 Å². The van der Waals surface area contributed by atoms with Crippen LogP contribution in [0.25, 0.3) is 0 Å². The van der Waals surface area contributed by atoms with Crippen molar-refractivity contribution in [1.82, 2.24) is 19.6 Å². The van der Waals surface area contributed by atoms with Gasteiger partial charge in [0.25, 0.3) is 12.7 Å². The molecule has 6 rings (SSSR count). The number of nitrogens with zero attached hydrogens (tertiary/aromatic N) is 4. The van der Waals surface area contributed by atoms with Crippen molar-refractivity contribution in [3.63, 3.8) is 0 Å². The Labute approximate surface area is 406 Å². The molecular formula is C55H66F2N4O8. The van der Waals surface area contributed by atoms with Crippen molar-refractivity contribution in [2.24, 2.45) is 0 Å². The first-order valence-electron chi connectivity index (χ1n) is 23.6. The molecule has 0 bridgehead atoms. The summed E-state index contributed by atoms with van der Waals surface area (Å²) in [5.41, 5.74) is 2.90. The Balaban J connectivity index is 1.16. The van der Waals surface area contributed by atoms with Crippen molar-refractivity contribution in [3.8, 4) is 11.5 Å². The van der Waals surface area contributed by atoms with Gasteiger partial charge in [-0.2, -0.15) is 0 Å². The molecule has 4 unspecified atom stereocenters. The predicted molar refractivity (Wildman–Crippen MR) is 261 cm³/mol. The summed E-state index contributed by atoms with van der Waals surface area (Å²) in [5.74, 6) is -0.933. The molecule has 368 valence electrons. The number of carbonyl (C=O) groups excluding carboxylic acids is 2. The Bertz CT molecular complexity index is 2160. The standard InChI is InChI=1S/C55H66F2N4O8/c1-7-35-64-50(46-17-9-11-19-48(46)56)38-60-33-31-58(29-13-15-42-21-25-44(26-22-42)66-40(3)4)54(60)68-52(62)37-53(63)69-55-59(30-14-16-43-23-27-45(28-24-43)67-41(5)6)32-34-61(55)39-51(65-36-8-2)47-18-10-12-20-49(47)57/h7-12,17-28,31-34,40-41,50-51,54-55H,1-2,13-16,29-30,35-39H2,3-6H3. The number of ether oxygens (including phenoxy) is 6. The van der Waals surface area contributed by atoms with Gasteiger partial charge < -0.3 is 48.0 Å². The third kappa shape index (κ3) is 15.7. The molecule has 0 saturated carbocycles. The van der Waals surface area contributed by atoms with Crippen molar-refractivity contribution in [1.29, 1.82) is 0 Å². The summed E-state index contributed by atoms with van der Waals surface area (Å²) in [4.78, 5) is 35.1. The summed E-state index contributed by atoms with van der Waals surface area (Å²) in [6, 6.07) is 28.7. The second-order valence-electron chi connectivity index (χ2n) is 17.4. The summed E-state index contributed by atoms with van der Waals surface area (Å²) in [5, 5.41) is 0. The van der Waals surface area contributed by atoms with Gasteiger partial charge in [-0.25, -0.2) is 8.78 Å². The number of hydrogen-bond donors (Lipinski definition) is 0. The molecule has 0 fully saturated rings. The maximum absolute atomic E-state index is 15.2. The van der Waals surface area contributed by atoms with Gasteiger partial charge >= 0.3 is 11.9 Å². The monoisotopic (exact) mass is 948 g/mol. The molecule has 0 aromatic heterocycles. The van der Waals surface area contributed by atoms with Crippen LogP contribution in [-0.2, 0) is 41.4 Å². The third-order valence-corrected chi connectivity index (χ3v) is 11.2. The average molecular weight is 949 g/mol. The number of benzene rings is 4. The molecule has 4 aromatic carbocycles. The zero-order valence-electron chi connectivity index (χ0n) is 40.2. The van der Waals surface area contributed by atoms with E-state index in [2.05, 4.69) is 13.2 Å². The number of rotatable bonds is 28. The lowest BCUT2D eigenvalue weighted by atomic mass is 10.1. The molecular weight excluding hydrogens is 883 g/mol. The van der Waals surface area contributed by atoms with E-state index >= 15 is 8.78 Å². The van der Waals surface area contributed by atoms with Crippen LogP contribution in [0.4, 0.5) is 8.78 Å². The van der Waals surface area contributed by atoms with Gasteiger partial charge in [0.15, 0.2) is 0 Å². The zero-order chi connectivity index (χ0) is 49.1. The highest BCUT2D eigenvalue weighted by atomic mass is 19.1. The van der Waals surface area contributed by atoms with E-state index in [0.717, 1.165) is 35.5 Å². The fourth-order valence-electron chi connectivity index (χ4n) is 8.05. The van der Waals surface area contributed by atoms with Crippen LogP contribution in [0.15, 0.2) is 147 Å². The lowest BCUT2D eigenvalue weighted by Gasteiger charge is -2.35. The maximum atomic E-state index is 15.2. The highest BCUT2D eigenvalue weighted by Crippen LogP contribution is 2.30. The summed E-state index contributed by atoms with van der Waals surface area (Å²) in [6.07, 6.45) is 9.17. The molecule has 2 aliphatic heterocycles. The van der Waals surface area contributed by atoms with Crippen LogP contribution in [0.5, 0.6) is 11.5 Å². The van der Waals surface area contributed by atoms with E-state index in [0.29, 0.717) is 37.1 Å². The third-order valence-electron chi connectivity index (χ3n) is 11.2. The Hall–Kier alpha value is -6.64. The quantitative estimate of drug-likeness (QED) is 0.0308. The molecule has 0 aliphatic carbocycles. The van der Waals surface area contributed by atoms with Crippen molar-refractivity contribution in [2.45, 2.75) is 96.9 Å². The summed E-state index contributed by atoms with van der Waals surface area (Å²) < 4.78 is 66.3. The minimum atomic E-state index is -0.982. The van der Waals surface area contributed by atoms with Crippen molar-refractivity contribution in [2.75, 3.05) is 39.4 Å². The highest BCUT2D eigenvalue weighted by molar-refractivity contribution is 5.91. The number of aryl methyl sites for hydroxylation is 2. The van der Waals surface area contributed by atoms with Crippen LogP contribution < -0.4 is 9.47 Å². The summed E-state index contributed by atoms with van der Waals surface area (Å²) >= 11 is 0.